The van der Waals surface area contributed by atoms with Crippen molar-refractivity contribution < 1.29 is 9.32 Å². The topological polar surface area (TPSA) is 71.3 Å². The first-order valence-electron chi connectivity index (χ1n) is 11.8. The Morgan fingerprint density at radius 3 is 2.88 bits per heavy atom. The normalized spacial score (nSPS) is 16.5. The Hall–Kier alpha value is -2.35. The molecule has 1 aliphatic rings. The third-order valence-corrected chi connectivity index (χ3v) is 7.42. The number of likely N-dealkylation sites (tertiary alicyclic amines) is 1. The fraction of sp³-hybridized carbons (Fsp3) is 0.423. The number of benzene rings is 2. The maximum absolute atomic E-state index is 12.7. The number of aromatic nitrogens is 2. The Bertz CT molecular complexity index is 1070. The molecular formula is C26H31ClN4O2S. The molecule has 1 amide bonds. The fourth-order valence-corrected chi connectivity index (χ4v) is 5.22. The van der Waals surface area contributed by atoms with Crippen LogP contribution in [0.4, 0.5) is 0 Å². The van der Waals surface area contributed by atoms with Crippen molar-refractivity contribution in [2.24, 2.45) is 5.92 Å². The zero-order chi connectivity index (χ0) is 23.8. The second kappa shape index (κ2) is 12.4. The number of nitrogens with one attached hydrogen (secondary N) is 1. The summed E-state index contributed by atoms with van der Waals surface area (Å²) in [5.74, 6) is 3.24. The minimum atomic E-state index is -0.0000731. The highest BCUT2D eigenvalue weighted by Gasteiger charge is 2.26. The lowest BCUT2D eigenvalue weighted by Crippen LogP contribution is -2.43. The smallest absolute Gasteiger partial charge is 0.241 e. The minimum absolute atomic E-state index is 0.0000731. The van der Waals surface area contributed by atoms with E-state index in [0.29, 0.717) is 29.8 Å². The number of rotatable bonds is 10. The standard InChI is InChI=1S/C26H31ClN4O2S/c1-19-9-11-20(12-10-19)18-34-15-5-13-28-26(32)21-6-4-14-31(16-21)17-24-29-25(30-33-24)22-7-2-3-8-23(22)27/h2-3,7-12,21H,4-6,13-18H2,1H3,(H,28,32). The van der Waals surface area contributed by atoms with Crippen molar-refractivity contribution in [3.63, 3.8) is 0 Å². The lowest BCUT2D eigenvalue weighted by molar-refractivity contribution is -0.126. The van der Waals surface area contributed by atoms with Crippen LogP contribution in [0.1, 0.15) is 36.3 Å². The molecule has 1 fully saturated rings. The summed E-state index contributed by atoms with van der Waals surface area (Å²) in [6.45, 7) is 4.99. The number of halogens is 1. The van der Waals surface area contributed by atoms with Gasteiger partial charge < -0.3 is 9.84 Å². The second-order valence-corrected chi connectivity index (χ2v) is 10.3. The molecule has 180 valence electrons. The first kappa shape index (κ1) is 24.8. The number of amides is 1. The number of hydrogen-bond donors (Lipinski definition) is 1. The predicted molar refractivity (Wildman–Crippen MR) is 138 cm³/mol. The molecule has 2 heterocycles. The molecule has 0 radical (unpaired) electrons. The van der Waals surface area contributed by atoms with Crippen molar-refractivity contribution in [1.82, 2.24) is 20.4 Å². The molecule has 0 aliphatic carbocycles. The van der Waals surface area contributed by atoms with Gasteiger partial charge in [-0.25, -0.2) is 0 Å². The molecule has 0 spiro atoms. The molecule has 8 heteroatoms. The molecule has 1 N–H and O–H groups in total. The van der Waals surface area contributed by atoms with E-state index >= 15 is 0 Å². The summed E-state index contributed by atoms with van der Waals surface area (Å²) >= 11 is 8.15. The van der Waals surface area contributed by atoms with Crippen LogP contribution in [-0.2, 0) is 17.1 Å². The largest absolute Gasteiger partial charge is 0.356 e. The summed E-state index contributed by atoms with van der Waals surface area (Å²) < 4.78 is 5.45. The van der Waals surface area contributed by atoms with E-state index in [2.05, 4.69) is 51.5 Å². The summed E-state index contributed by atoms with van der Waals surface area (Å²) in [5, 5.41) is 7.80. The number of carbonyl (C=O) groups excluding carboxylic acids is 1. The molecule has 4 rings (SSSR count). The van der Waals surface area contributed by atoms with Gasteiger partial charge in [-0.3, -0.25) is 9.69 Å². The van der Waals surface area contributed by atoms with Gasteiger partial charge >= 0.3 is 0 Å². The molecule has 0 saturated carbocycles. The molecule has 1 aromatic heterocycles. The number of nitrogens with zero attached hydrogens (tertiary/aromatic N) is 3. The van der Waals surface area contributed by atoms with Crippen LogP contribution in [0.3, 0.4) is 0 Å². The van der Waals surface area contributed by atoms with Crippen LogP contribution in [0.25, 0.3) is 11.4 Å². The number of thioether (sulfide) groups is 1. The molecule has 1 unspecified atom stereocenters. The van der Waals surface area contributed by atoms with Crippen LogP contribution < -0.4 is 5.32 Å². The third-order valence-electron chi connectivity index (χ3n) is 5.97. The molecule has 1 saturated heterocycles. The maximum atomic E-state index is 12.7. The first-order valence-corrected chi connectivity index (χ1v) is 13.3. The van der Waals surface area contributed by atoms with Gasteiger partial charge in [0.05, 0.1) is 17.5 Å². The molecule has 34 heavy (non-hydrogen) atoms. The van der Waals surface area contributed by atoms with Gasteiger partial charge in [-0.2, -0.15) is 16.7 Å². The van der Waals surface area contributed by atoms with Crippen molar-refractivity contribution in [3.8, 4) is 11.4 Å². The highest BCUT2D eigenvalue weighted by Crippen LogP contribution is 2.25. The lowest BCUT2D eigenvalue weighted by Gasteiger charge is -2.30. The SMILES string of the molecule is Cc1ccc(CSCCCNC(=O)C2CCCN(Cc3nc(-c4ccccc4Cl)no3)C2)cc1. The van der Waals surface area contributed by atoms with Gasteiger partial charge in [0.1, 0.15) is 0 Å². The Morgan fingerprint density at radius 2 is 2.06 bits per heavy atom. The highest BCUT2D eigenvalue weighted by atomic mass is 35.5. The van der Waals surface area contributed by atoms with Crippen LogP contribution in [0.5, 0.6) is 0 Å². The first-order chi connectivity index (χ1) is 16.6. The summed E-state index contributed by atoms with van der Waals surface area (Å²) in [6, 6.07) is 16.1. The average Bonchev–Trinajstić information content (AvgIpc) is 3.31. The second-order valence-electron chi connectivity index (χ2n) is 8.75. The van der Waals surface area contributed by atoms with Crippen molar-refractivity contribution in [2.75, 3.05) is 25.4 Å². The van der Waals surface area contributed by atoms with Gasteiger partial charge in [0.15, 0.2) is 0 Å². The summed E-state index contributed by atoms with van der Waals surface area (Å²) in [5.41, 5.74) is 3.39. The van der Waals surface area contributed by atoms with E-state index in [4.69, 9.17) is 16.1 Å². The predicted octanol–water partition coefficient (Wildman–Crippen LogP) is 5.35. The van der Waals surface area contributed by atoms with E-state index in [9.17, 15) is 4.79 Å². The van der Waals surface area contributed by atoms with Crippen LogP contribution in [0.15, 0.2) is 53.1 Å². The molecule has 1 atom stereocenters. The third kappa shape index (κ3) is 7.08. The van der Waals surface area contributed by atoms with Gasteiger partial charge in [-0.1, -0.05) is 58.7 Å². The van der Waals surface area contributed by atoms with Crippen LogP contribution >= 0.6 is 23.4 Å². The molecule has 3 aromatic rings. The Morgan fingerprint density at radius 1 is 1.24 bits per heavy atom. The number of hydrogen-bond acceptors (Lipinski definition) is 6. The van der Waals surface area contributed by atoms with Crippen molar-refractivity contribution in [2.45, 2.75) is 38.5 Å². The van der Waals surface area contributed by atoms with Crippen molar-refractivity contribution >= 4 is 29.3 Å². The van der Waals surface area contributed by atoms with E-state index in [1.807, 2.05) is 36.0 Å². The molecule has 0 bridgehead atoms. The molecular weight excluding hydrogens is 468 g/mol. The van der Waals surface area contributed by atoms with Crippen LogP contribution in [-0.4, -0.2) is 46.3 Å². The number of aryl methyl sites for hydroxylation is 1. The van der Waals surface area contributed by atoms with E-state index in [-0.39, 0.29) is 11.8 Å². The fourth-order valence-electron chi connectivity index (χ4n) is 4.08. The van der Waals surface area contributed by atoms with Gasteiger partial charge in [0.25, 0.3) is 0 Å². The molecule has 6 nitrogen and oxygen atoms in total. The quantitative estimate of drug-likeness (QED) is 0.380. The van der Waals surface area contributed by atoms with E-state index < -0.39 is 0 Å². The van der Waals surface area contributed by atoms with Crippen LogP contribution in [0, 0.1) is 12.8 Å². The van der Waals surface area contributed by atoms with Crippen LogP contribution in [0.2, 0.25) is 5.02 Å². The summed E-state index contributed by atoms with van der Waals surface area (Å²) in [7, 11) is 0. The van der Waals surface area contributed by atoms with Crippen molar-refractivity contribution in [1.29, 1.82) is 0 Å². The van der Waals surface area contributed by atoms with Gasteiger partial charge in [-0.15, -0.1) is 0 Å². The van der Waals surface area contributed by atoms with Gasteiger partial charge in [-0.05, 0) is 56.2 Å². The number of piperidine rings is 1. The van der Waals surface area contributed by atoms with Gasteiger partial charge in [0, 0.05) is 24.4 Å². The Balaban J connectivity index is 1.17. The lowest BCUT2D eigenvalue weighted by atomic mass is 9.97. The Kier molecular flexibility index (Phi) is 9.02. The Labute approximate surface area is 210 Å². The van der Waals surface area contributed by atoms with E-state index in [1.165, 1.54) is 11.1 Å². The van der Waals surface area contributed by atoms with Crippen molar-refractivity contribution in [3.05, 3.63) is 70.6 Å². The average molecular weight is 499 g/mol. The highest BCUT2D eigenvalue weighted by molar-refractivity contribution is 7.98. The molecule has 2 aromatic carbocycles. The molecule has 1 aliphatic heterocycles. The monoisotopic (exact) mass is 498 g/mol. The zero-order valence-corrected chi connectivity index (χ0v) is 21.1. The minimum Gasteiger partial charge on any atom is -0.356 e. The van der Waals surface area contributed by atoms with Gasteiger partial charge in [0.2, 0.25) is 17.6 Å². The zero-order valence-electron chi connectivity index (χ0n) is 19.5. The van der Waals surface area contributed by atoms with E-state index in [0.717, 1.165) is 49.4 Å². The summed E-state index contributed by atoms with van der Waals surface area (Å²) in [6.07, 6.45) is 2.88. The maximum Gasteiger partial charge on any atom is 0.241 e. The van der Waals surface area contributed by atoms with E-state index in [1.54, 1.807) is 0 Å². The number of carbonyl (C=O) groups is 1. The summed E-state index contributed by atoms with van der Waals surface area (Å²) in [4.78, 5) is 19.4.